The van der Waals surface area contributed by atoms with Gasteiger partial charge in [-0.2, -0.15) is 5.10 Å². The highest BCUT2D eigenvalue weighted by molar-refractivity contribution is 6.05. The molecule has 0 bridgehead atoms. The number of nitrogens with one attached hydrogen (secondary N) is 2. The molecule has 18 heavy (non-hydrogen) atoms. The van der Waals surface area contributed by atoms with Crippen molar-refractivity contribution in [3.8, 4) is 0 Å². The van der Waals surface area contributed by atoms with Crippen molar-refractivity contribution in [2.75, 3.05) is 11.1 Å². The van der Waals surface area contributed by atoms with Gasteiger partial charge in [-0.25, -0.2) is 9.97 Å². The SMILES string of the molecule is Cc1cc(C)nc(NC(=O)c2n[nH]c(C)c2N)n1. The zero-order valence-electron chi connectivity index (χ0n) is 10.4. The summed E-state index contributed by atoms with van der Waals surface area (Å²) >= 11 is 0. The fourth-order valence-electron chi connectivity index (χ4n) is 1.55. The van der Waals surface area contributed by atoms with E-state index in [0.29, 0.717) is 11.4 Å². The molecule has 94 valence electrons. The summed E-state index contributed by atoms with van der Waals surface area (Å²) in [6.45, 7) is 5.40. The van der Waals surface area contributed by atoms with Gasteiger partial charge in [-0.1, -0.05) is 0 Å². The van der Waals surface area contributed by atoms with E-state index in [1.807, 2.05) is 19.9 Å². The first kappa shape index (κ1) is 12.0. The third-order valence-corrected chi connectivity index (χ3v) is 2.42. The van der Waals surface area contributed by atoms with Gasteiger partial charge in [-0.15, -0.1) is 0 Å². The van der Waals surface area contributed by atoms with Gasteiger partial charge in [0.05, 0.1) is 11.4 Å². The number of nitrogens with two attached hydrogens (primary N) is 1. The number of aryl methyl sites for hydroxylation is 3. The monoisotopic (exact) mass is 246 g/mol. The Morgan fingerprint density at radius 2 is 1.89 bits per heavy atom. The lowest BCUT2D eigenvalue weighted by Crippen LogP contribution is -2.16. The van der Waals surface area contributed by atoms with Crippen molar-refractivity contribution in [3.63, 3.8) is 0 Å². The highest BCUT2D eigenvalue weighted by Crippen LogP contribution is 2.14. The van der Waals surface area contributed by atoms with E-state index < -0.39 is 5.91 Å². The van der Waals surface area contributed by atoms with Gasteiger partial charge >= 0.3 is 0 Å². The van der Waals surface area contributed by atoms with Gasteiger partial charge in [0.2, 0.25) is 5.95 Å². The van der Waals surface area contributed by atoms with E-state index in [1.54, 1.807) is 6.92 Å². The van der Waals surface area contributed by atoms with Gasteiger partial charge in [0, 0.05) is 11.4 Å². The topological polar surface area (TPSA) is 110 Å². The van der Waals surface area contributed by atoms with Crippen LogP contribution in [0.2, 0.25) is 0 Å². The van der Waals surface area contributed by atoms with E-state index in [2.05, 4.69) is 25.5 Å². The van der Waals surface area contributed by atoms with Crippen LogP contribution in [0.25, 0.3) is 0 Å². The summed E-state index contributed by atoms with van der Waals surface area (Å²) in [6, 6.07) is 1.82. The largest absolute Gasteiger partial charge is 0.395 e. The molecule has 0 aromatic carbocycles. The van der Waals surface area contributed by atoms with Gasteiger partial charge in [0.25, 0.3) is 5.91 Å². The van der Waals surface area contributed by atoms with Crippen molar-refractivity contribution in [2.45, 2.75) is 20.8 Å². The zero-order valence-corrected chi connectivity index (χ0v) is 10.4. The number of hydrogen-bond acceptors (Lipinski definition) is 5. The van der Waals surface area contributed by atoms with E-state index in [9.17, 15) is 4.79 Å². The van der Waals surface area contributed by atoms with Gasteiger partial charge in [0.1, 0.15) is 0 Å². The van der Waals surface area contributed by atoms with Crippen molar-refractivity contribution in [1.82, 2.24) is 20.2 Å². The lowest BCUT2D eigenvalue weighted by molar-refractivity contribution is 0.102. The molecule has 1 amide bonds. The van der Waals surface area contributed by atoms with Crippen molar-refractivity contribution < 1.29 is 4.79 Å². The molecule has 2 rings (SSSR count). The number of hydrogen-bond donors (Lipinski definition) is 3. The second-order valence-electron chi connectivity index (χ2n) is 4.04. The van der Waals surface area contributed by atoms with Crippen LogP contribution in [-0.4, -0.2) is 26.1 Å². The Balaban J connectivity index is 2.24. The Morgan fingerprint density at radius 1 is 1.28 bits per heavy atom. The van der Waals surface area contributed by atoms with E-state index >= 15 is 0 Å². The first-order valence-corrected chi connectivity index (χ1v) is 5.41. The van der Waals surface area contributed by atoms with Crippen LogP contribution in [0.3, 0.4) is 0 Å². The molecule has 0 saturated heterocycles. The Kier molecular flexibility index (Phi) is 2.97. The minimum absolute atomic E-state index is 0.148. The Bertz CT molecular complexity index is 583. The van der Waals surface area contributed by atoms with Crippen molar-refractivity contribution >= 4 is 17.5 Å². The summed E-state index contributed by atoms with van der Waals surface area (Å²) < 4.78 is 0. The van der Waals surface area contributed by atoms with Gasteiger partial charge in [-0.3, -0.25) is 15.2 Å². The number of aromatic nitrogens is 4. The van der Waals surface area contributed by atoms with Gasteiger partial charge in [0.15, 0.2) is 5.69 Å². The predicted octanol–water partition coefficient (Wildman–Crippen LogP) is 0.959. The highest BCUT2D eigenvalue weighted by atomic mass is 16.2. The van der Waals surface area contributed by atoms with Crippen molar-refractivity contribution in [1.29, 1.82) is 0 Å². The van der Waals surface area contributed by atoms with Crippen LogP contribution in [0.15, 0.2) is 6.07 Å². The number of nitrogens with zero attached hydrogens (tertiary/aromatic N) is 3. The molecule has 0 atom stereocenters. The third kappa shape index (κ3) is 2.29. The fourth-order valence-corrected chi connectivity index (χ4v) is 1.55. The zero-order chi connectivity index (χ0) is 13.3. The molecule has 0 saturated carbocycles. The summed E-state index contributed by atoms with van der Waals surface area (Å²) in [5.74, 6) is -0.181. The van der Waals surface area contributed by atoms with Crippen LogP contribution in [0.1, 0.15) is 27.6 Å². The number of H-pyrrole nitrogens is 1. The van der Waals surface area contributed by atoms with E-state index in [-0.39, 0.29) is 11.6 Å². The predicted molar refractivity (Wildman–Crippen MR) is 67.2 cm³/mol. The molecule has 0 unspecified atom stereocenters. The smallest absolute Gasteiger partial charge is 0.280 e. The van der Waals surface area contributed by atoms with E-state index in [0.717, 1.165) is 11.4 Å². The second kappa shape index (κ2) is 4.44. The lowest BCUT2D eigenvalue weighted by Gasteiger charge is -2.04. The maximum Gasteiger partial charge on any atom is 0.280 e. The quantitative estimate of drug-likeness (QED) is 0.731. The lowest BCUT2D eigenvalue weighted by atomic mass is 10.3. The minimum Gasteiger partial charge on any atom is -0.395 e. The summed E-state index contributed by atoms with van der Waals surface area (Å²) in [6.07, 6.45) is 0. The summed E-state index contributed by atoms with van der Waals surface area (Å²) in [7, 11) is 0. The number of rotatable bonds is 2. The molecule has 0 radical (unpaired) electrons. The fraction of sp³-hybridized carbons (Fsp3) is 0.273. The molecule has 7 heteroatoms. The average molecular weight is 246 g/mol. The molecule has 4 N–H and O–H groups in total. The van der Waals surface area contributed by atoms with E-state index in [4.69, 9.17) is 5.73 Å². The average Bonchev–Trinajstić information content (AvgIpc) is 2.58. The Morgan fingerprint density at radius 3 is 2.39 bits per heavy atom. The van der Waals surface area contributed by atoms with Crippen LogP contribution in [0.5, 0.6) is 0 Å². The van der Waals surface area contributed by atoms with Crippen LogP contribution in [-0.2, 0) is 0 Å². The first-order chi connectivity index (χ1) is 8.47. The van der Waals surface area contributed by atoms with Crippen LogP contribution in [0.4, 0.5) is 11.6 Å². The molecular weight excluding hydrogens is 232 g/mol. The van der Waals surface area contributed by atoms with Gasteiger partial charge < -0.3 is 5.73 Å². The maximum absolute atomic E-state index is 11.9. The molecular formula is C11H14N6O. The molecule has 0 spiro atoms. The second-order valence-corrected chi connectivity index (χ2v) is 4.04. The van der Waals surface area contributed by atoms with E-state index in [1.165, 1.54) is 0 Å². The summed E-state index contributed by atoms with van der Waals surface area (Å²) in [5, 5.41) is 9.06. The maximum atomic E-state index is 11.9. The number of nitrogen functional groups attached to an aromatic ring is 1. The number of carbonyl (C=O) groups excluding carboxylic acids is 1. The Hall–Kier alpha value is -2.44. The van der Waals surface area contributed by atoms with Crippen LogP contribution in [0, 0.1) is 20.8 Å². The number of amides is 1. The van der Waals surface area contributed by atoms with Crippen molar-refractivity contribution in [2.24, 2.45) is 0 Å². The minimum atomic E-state index is -0.429. The first-order valence-electron chi connectivity index (χ1n) is 5.41. The Labute approximate surface area is 104 Å². The van der Waals surface area contributed by atoms with Crippen LogP contribution < -0.4 is 11.1 Å². The molecule has 0 aliphatic carbocycles. The summed E-state index contributed by atoms with van der Waals surface area (Å²) in [5.41, 5.74) is 8.42. The number of carbonyl (C=O) groups is 1. The third-order valence-electron chi connectivity index (χ3n) is 2.42. The molecule has 0 fully saturated rings. The molecule has 2 aromatic rings. The highest BCUT2D eigenvalue weighted by Gasteiger charge is 2.16. The summed E-state index contributed by atoms with van der Waals surface area (Å²) in [4.78, 5) is 20.1. The molecule has 0 aliphatic heterocycles. The molecule has 0 aliphatic rings. The molecule has 2 aromatic heterocycles. The normalized spacial score (nSPS) is 10.4. The standard InChI is InChI=1S/C11H14N6O/c1-5-4-6(2)14-11(13-5)15-10(18)9-8(12)7(3)16-17-9/h4H,12H2,1-3H3,(H,16,17)(H,13,14,15,18). The molecule has 7 nitrogen and oxygen atoms in total. The number of anilines is 2. The van der Waals surface area contributed by atoms with Crippen molar-refractivity contribution in [3.05, 3.63) is 28.8 Å². The van der Waals surface area contributed by atoms with Crippen LogP contribution >= 0.6 is 0 Å². The van der Waals surface area contributed by atoms with Gasteiger partial charge in [-0.05, 0) is 26.8 Å². The number of aromatic amines is 1. The molecule has 2 heterocycles.